The largest absolute Gasteiger partial charge is 0.355 e. The molecule has 0 bridgehead atoms. The summed E-state index contributed by atoms with van der Waals surface area (Å²) in [5.74, 6) is 0.969. The Labute approximate surface area is 154 Å². The van der Waals surface area contributed by atoms with Crippen LogP contribution in [0.25, 0.3) is 0 Å². The van der Waals surface area contributed by atoms with Crippen LogP contribution in [0.1, 0.15) is 70.3 Å². The summed E-state index contributed by atoms with van der Waals surface area (Å²) in [7, 11) is 0. The number of amides is 1. The predicted molar refractivity (Wildman–Crippen MR) is 106 cm³/mol. The van der Waals surface area contributed by atoms with Crippen LogP contribution in [0, 0.1) is 5.92 Å². The quantitative estimate of drug-likeness (QED) is 0.486. The van der Waals surface area contributed by atoms with E-state index < -0.39 is 0 Å². The number of nitrogens with one attached hydrogen (secondary N) is 2. The van der Waals surface area contributed by atoms with Gasteiger partial charge in [-0.25, -0.2) is 0 Å². The van der Waals surface area contributed by atoms with Gasteiger partial charge in [0, 0.05) is 6.54 Å². The fourth-order valence-corrected chi connectivity index (χ4v) is 3.74. The van der Waals surface area contributed by atoms with Gasteiger partial charge in [-0.1, -0.05) is 82.2 Å². The minimum absolute atomic E-state index is 0.122. The van der Waals surface area contributed by atoms with Crippen molar-refractivity contribution in [1.82, 2.24) is 10.6 Å². The topological polar surface area (TPSA) is 41.1 Å². The highest BCUT2D eigenvalue weighted by molar-refractivity contribution is 5.82. The summed E-state index contributed by atoms with van der Waals surface area (Å²) < 4.78 is 0. The van der Waals surface area contributed by atoms with Crippen molar-refractivity contribution >= 4 is 5.91 Å². The van der Waals surface area contributed by atoms with Gasteiger partial charge in [-0.2, -0.15) is 0 Å². The first-order valence-corrected chi connectivity index (χ1v) is 10.3. The minimum Gasteiger partial charge on any atom is -0.355 e. The van der Waals surface area contributed by atoms with E-state index in [4.69, 9.17) is 0 Å². The second kappa shape index (κ2) is 12.1. The number of hydrogen-bond acceptors (Lipinski definition) is 2. The SMILES string of the molecule is CCCCN[C@@H](Cc1ccccc1)C(=O)NCCC1CCCCCC1. The van der Waals surface area contributed by atoms with Crippen molar-refractivity contribution in [1.29, 1.82) is 0 Å². The Hall–Kier alpha value is -1.35. The van der Waals surface area contributed by atoms with Crippen molar-refractivity contribution < 1.29 is 4.79 Å². The molecule has 0 aromatic heterocycles. The van der Waals surface area contributed by atoms with Crippen LogP contribution < -0.4 is 10.6 Å². The van der Waals surface area contributed by atoms with Crippen LogP contribution in [-0.2, 0) is 11.2 Å². The smallest absolute Gasteiger partial charge is 0.237 e. The molecule has 140 valence electrons. The van der Waals surface area contributed by atoms with Crippen LogP contribution in [0.3, 0.4) is 0 Å². The van der Waals surface area contributed by atoms with E-state index in [1.54, 1.807) is 0 Å². The van der Waals surface area contributed by atoms with Gasteiger partial charge in [-0.3, -0.25) is 4.79 Å². The zero-order valence-corrected chi connectivity index (χ0v) is 15.9. The average molecular weight is 345 g/mol. The molecule has 1 aromatic rings. The molecule has 0 spiro atoms. The van der Waals surface area contributed by atoms with Gasteiger partial charge in [-0.15, -0.1) is 0 Å². The van der Waals surface area contributed by atoms with Crippen molar-refractivity contribution in [3.63, 3.8) is 0 Å². The molecule has 1 atom stereocenters. The third kappa shape index (κ3) is 8.04. The Morgan fingerprint density at radius 1 is 1.08 bits per heavy atom. The van der Waals surface area contributed by atoms with Gasteiger partial charge in [-0.05, 0) is 37.3 Å². The summed E-state index contributed by atoms with van der Waals surface area (Å²) in [4.78, 5) is 12.7. The monoisotopic (exact) mass is 344 g/mol. The first kappa shape index (κ1) is 20.0. The van der Waals surface area contributed by atoms with E-state index in [9.17, 15) is 4.79 Å². The first-order chi connectivity index (χ1) is 12.3. The van der Waals surface area contributed by atoms with Crippen LogP contribution in [0.15, 0.2) is 30.3 Å². The number of carbonyl (C=O) groups excluding carboxylic acids is 1. The van der Waals surface area contributed by atoms with Gasteiger partial charge >= 0.3 is 0 Å². The van der Waals surface area contributed by atoms with Gasteiger partial charge in [0.15, 0.2) is 0 Å². The molecule has 0 aliphatic heterocycles. The molecule has 1 fully saturated rings. The molecule has 0 radical (unpaired) electrons. The maximum absolute atomic E-state index is 12.7. The standard InChI is InChI=1S/C22H36N2O/c1-2-3-16-23-21(18-20-13-9-6-10-14-20)22(25)24-17-15-19-11-7-4-5-8-12-19/h6,9-10,13-14,19,21,23H,2-5,7-8,11-12,15-18H2,1H3,(H,24,25)/t21-/m0/s1. The molecular weight excluding hydrogens is 308 g/mol. The molecule has 2 rings (SSSR count). The van der Waals surface area contributed by atoms with E-state index in [-0.39, 0.29) is 11.9 Å². The lowest BCUT2D eigenvalue weighted by Gasteiger charge is -2.20. The normalized spacial score (nSPS) is 17.0. The van der Waals surface area contributed by atoms with Crippen molar-refractivity contribution in [2.75, 3.05) is 13.1 Å². The third-order valence-electron chi connectivity index (χ3n) is 5.35. The van der Waals surface area contributed by atoms with Crippen molar-refractivity contribution in [2.45, 2.75) is 77.2 Å². The first-order valence-electron chi connectivity index (χ1n) is 10.3. The second-order valence-corrected chi connectivity index (χ2v) is 7.49. The van der Waals surface area contributed by atoms with Crippen molar-refractivity contribution in [2.24, 2.45) is 5.92 Å². The zero-order chi connectivity index (χ0) is 17.7. The van der Waals surface area contributed by atoms with Crippen LogP contribution in [0.4, 0.5) is 0 Å². The van der Waals surface area contributed by atoms with Gasteiger partial charge in [0.2, 0.25) is 5.91 Å². The summed E-state index contributed by atoms with van der Waals surface area (Å²) in [6.45, 7) is 3.91. The Kier molecular flexibility index (Phi) is 9.65. The highest BCUT2D eigenvalue weighted by Gasteiger charge is 2.19. The summed E-state index contributed by atoms with van der Waals surface area (Å²) >= 11 is 0. The molecule has 1 aromatic carbocycles. The number of unbranched alkanes of at least 4 members (excludes halogenated alkanes) is 1. The summed E-state index contributed by atoms with van der Waals surface area (Å²) in [5.41, 5.74) is 1.22. The highest BCUT2D eigenvalue weighted by Crippen LogP contribution is 2.24. The molecular formula is C22H36N2O. The van der Waals surface area contributed by atoms with Gasteiger partial charge < -0.3 is 10.6 Å². The van der Waals surface area contributed by atoms with E-state index >= 15 is 0 Å². The van der Waals surface area contributed by atoms with Crippen molar-refractivity contribution in [3.8, 4) is 0 Å². The number of rotatable bonds is 10. The third-order valence-corrected chi connectivity index (χ3v) is 5.35. The van der Waals surface area contributed by atoms with Gasteiger partial charge in [0.25, 0.3) is 0 Å². The van der Waals surface area contributed by atoms with E-state index in [2.05, 4.69) is 29.7 Å². The summed E-state index contributed by atoms with van der Waals surface area (Å²) in [6, 6.07) is 10.2. The molecule has 1 aliphatic rings. The molecule has 1 amide bonds. The fourth-order valence-electron chi connectivity index (χ4n) is 3.74. The molecule has 3 heteroatoms. The predicted octanol–water partition coefficient (Wildman–Crippen LogP) is 4.46. The van der Waals surface area contributed by atoms with Crippen LogP contribution in [0.2, 0.25) is 0 Å². The molecule has 25 heavy (non-hydrogen) atoms. The van der Waals surface area contributed by atoms with Crippen molar-refractivity contribution in [3.05, 3.63) is 35.9 Å². The molecule has 0 heterocycles. The Morgan fingerprint density at radius 2 is 1.80 bits per heavy atom. The number of carbonyl (C=O) groups is 1. The average Bonchev–Trinajstić information content (AvgIpc) is 2.91. The van der Waals surface area contributed by atoms with E-state index in [0.717, 1.165) is 44.7 Å². The molecule has 3 nitrogen and oxygen atoms in total. The molecule has 0 saturated heterocycles. The Balaban J connectivity index is 1.79. The van der Waals surface area contributed by atoms with E-state index in [1.165, 1.54) is 44.1 Å². The lowest BCUT2D eigenvalue weighted by molar-refractivity contribution is -0.123. The van der Waals surface area contributed by atoms with Crippen LogP contribution in [-0.4, -0.2) is 25.0 Å². The minimum atomic E-state index is -0.122. The van der Waals surface area contributed by atoms with E-state index in [0.29, 0.717) is 0 Å². The Morgan fingerprint density at radius 3 is 2.48 bits per heavy atom. The second-order valence-electron chi connectivity index (χ2n) is 7.49. The fraction of sp³-hybridized carbons (Fsp3) is 0.682. The Bertz CT molecular complexity index is 466. The zero-order valence-electron chi connectivity index (χ0n) is 15.9. The van der Waals surface area contributed by atoms with Gasteiger partial charge in [0.05, 0.1) is 6.04 Å². The molecule has 1 saturated carbocycles. The lowest BCUT2D eigenvalue weighted by Crippen LogP contribution is -2.46. The maximum Gasteiger partial charge on any atom is 0.237 e. The molecule has 2 N–H and O–H groups in total. The molecule has 0 unspecified atom stereocenters. The van der Waals surface area contributed by atoms with E-state index in [1.807, 2.05) is 18.2 Å². The number of benzene rings is 1. The lowest BCUT2D eigenvalue weighted by atomic mass is 9.96. The van der Waals surface area contributed by atoms with Gasteiger partial charge in [0.1, 0.15) is 0 Å². The summed E-state index contributed by atoms with van der Waals surface area (Å²) in [5, 5.41) is 6.65. The van der Waals surface area contributed by atoms with Crippen LogP contribution in [0.5, 0.6) is 0 Å². The number of hydrogen-bond donors (Lipinski definition) is 2. The summed E-state index contributed by atoms with van der Waals surface area (Å²) in [6.07, 6.45) is 12.4. The highest BCUT2D eigenvalue weighted by atomic mass is 16.2. The molecule has 1 aliphatic carbocycles. The van der Waals surface area contributed by atoms with Crippen LogP contribution >= 0.6 is 0 Å². The maximum atomic E-state index is 12.7.